The zero-order valence-corrected chi connectivity index (χ0v) is 11.0. The van der Waals surface area contributed by atoms with Gasteiger partial charge in [-0.15, -0.1) is 0 Å². The molecule has 0 radical (unpaired) electrons. The fourth-order valence-electron chi connectivity index (χ4n) is 1.63. The van der Waals surface area contributed by atoms with E-state index in [0.29, 0.717) is 17.9 Å². The molecule has 0 aliphatic heterocycles. The largest absolute Gasteiger partial charge is 0.495 e. The molecule has 0 aliphatic carbocycles. The van der Waals surface area contributed by atoms with Gasteiger partial charge in [-0.25, -0.2) is 0 Å². The van der Waals surface area contributed by atoms with Crippen molar-refractivity contribution in [1.29, 1.82) is 5.26 Å². The highest BCUT2D eigenvalue weighted by molar-refractivity contribution is 5.95. The van der Waals surface area contributed by atoms with Crippen molar-refractivity contribution in [2.75, 3.05) is 12.4 Å². The van der Waals surface area contributed by atoms with Crippen molar-refractivity contribution < 1.29 is 9.53 Å². The minimum absolute atomic E-state index is 0.286. The number of carbonyl (C=O) groups excluding carboxylic acids is 1. The van der Waals surface area contributed by atoms with Gasteiger partial charge in [0.1, 0.15) is 11.7 Å². The molecule has 1 N–H and O–H groups in total. The summed E-state index contributed by atoms with van der Waals surface area (Å²) in [6.45, 7) is 3.85. The van der Waals surface area contributed by atoms with Gasteiger partial charge in [0.05, 0.1) is 18.9 Å². The van der Waals surface area contributed by atoms with Crippen LogP contribution in [0.2, 0.25) is 0 Å². The first-order valence-electron chi connectivity index (χ1n) is 6.03. The highest BCUT2D eigenvalue weighted by Crippen LogP contribution is 2.26. The van der Waals surface area contributed by atoms with Crippen LogP contribution in [0.3, 0.4) is 0 Å². The average Bonchev–Trinajstić information content (AvgIpc) is 2.40. The quantitative estimate of drug-likeness (QED) is 0.868. The second-order valence-electron chi connectivity index (χ2n) is 3.97. The maximum Gasteiger partial charge on any atom is 0.241 e. The topological polar surface area (TPSA) is 62.1 Å². The Morgan fingerprint density at radius 2 is 2.22 bits per heavy atom. The molecule has 0 aliphatic rings. The lowest BCUT2D eigenvalue weighted by Crippen LogP contribution is -2.21. The third-order valence-corrected chi connectivity index (χ3v) is 2.81. The van der Waals surface area contributed by atoms with Crippen LogP contribution in [0.1, 0.15) is 25.8 Å². The Balaban J connectivity index is 2.95. The highest BCUT2D eigenvalue weighted by atomic mass is 16.5. The van der Waals surface area contributed by atoms with Crippen molar-refractivity contribution >= 4 is 11.6 Å². The Bertz CT molecular complexity index is 463. The lowest BCUT2D eigenvalue weighted by atomic mass is 10.1. The van der Waals surface area contributed by atoms with Gasteiger partial charge in [-0.1, -0.05) is 19.9 Å². The van der Waals surface area contributed by atoms with Crippen molar-refractivity contribution in [3.8, 4) is 11.8 Å². The van der Waals surface area contributed by atoms with E-state index in [1.165, 1.54) is 0 Å². The zero-order chi connectivity index (χ0) is 13.5. The fraction of sp³-hybridized carbons (Fsp3) is 0.429. The Labute approximate surface area is 108 Å². The average molecular weight is 246 g/mol. The summed E-state index contributed by atoms with van der Waals surface area (Å²) < 4.78 is 5.20. The number of anilines is 1. The van der Waals surface area contributed by atoms with Crippen molar-refractivity contribution in [2.45, 2.75) is 26.7 Å². The molecule has 0 bridgehead atoms. The molecule has 96 valence electrons. The van der Waals surface area contributed by atoms with E-state index in [1.54, 1.807) is 7.11 Å². The van der Waals surface area contributed by atoms with Gasteiger partial charge >= 0.3 is 0 Å². The van der Waals surface area contributed by atoms with Crippen LogP contribution in [0.25, 0.3) is 0 Å². The molecular formula is C14H18N2O2. The number of benzene rings is 1. The molecule has 0 saturated heterocycles. The van der Waals surface area contributed by atoms with E-state index in [0.717, 1.165) is 12.0 Å². The summed E-state index contributed by atoms with van der Waals surface area (Å²) in [5.41, 5.74) is 1.73. The molecule has 4 nitrogen and oxygen atoms in total. The van der Waals surface area contributed by atoms with Crippen LogP contribution in [0.5, 0.6) is 5.75 Å². The van der Waals surface area contributed by atoms with Gasteiger partial charge in [0.25, 0.3) is 0 Å². The molecule has 1 atom stereocenters. The Hall–Kier alpha value is -2.02. The van der Waals surface area contributed by atoms with Crippen molar-refractivity contribution in [3.05, 3.63) is 23.8 Å². The summed E-state index contributed by atoms with van der Waals surface area (Å²) in [6, 6.07) is 7.64. The molecule has 0 aromatic heterocycles. The molecule has 1 aromatic rings. The molecule has 0 spiro atoms. The maximum atomic E-state index is 11.9. The lowest BCUT2D eigenvalue weighted by molar-refractivity contribution is -0.118. The first-order chi connectivity index (χ1) is 8.65. The highest BCUT2D eigenvalue weighted by Gasteiger charge is 2.17. The SMILES string of the molecule is CCc1ccc(OC)c(NC(=O)C(C#N)CC)c1. The molecular weight excluding hydrogens is 228 g/mol. The number of hydrogen-bond acceptors (Lipinski definition) is 3. The Kier molecular flexibility index (Phi) is 5.19. The number of carbonyl (C=O) groups is 1. The zero-order valence-electron chi connectivity index (χ0n) is 11.0. The van der Waals surface area contributed by atoms with Crippen LogP contribution in [0, 0.1) is 17.2 Å². The van der Waals surface area contributed by atoms with Crippen molar-refractivity contribution in [1.82, 2.24) is 0 Å². The van der Waals surface area contributed by atoms with Gasteiger partial charge in [-0.3, -0.25) is 4.79 Å². The molecule has 0 saturated carbocycles. The second-order valence-corrected chi connectivity index (χ2v) is 3.97. The fourth-order valence-corrected chi connectivity index (χ4v) is 1.63. The van der Waals surface area contributed by atoms with Gasteiger partial charge in [0.2, 0.25) is 5.91 Å². The van der Waals surface area contributed by atoms with E-state index in [1.807, 2.05) is 38.1 Å². The number of methoxy groups -OCH3 is 1. The summed E-state index contributed by atoms with van der Waals surface area (Å²) in [4.78, 5) is 11.9. The van der Waals surface area contributed by atoms with Crippen LogP contribution < -0.4 is 10.1 Å². The maximum absolute atomic E-state index is 11.9. The molecule has 4 heteroatoms. The normalized spacial score (nSPS) is 11.4. The second kappa shape index (κ2) is 6.65. The molecule has 1 unspecified atom stereocenters. The van der Waals surface area contributed by atoms with Crippen LogP contribution >= 0.6 is 0 Å². The van der Waals surface area contributed by atoms with E-state index in [-0.39, 0.29) is 5.91 Å². The van der Waals surface area contributed by atoms with E-state index in [2.05, 4.69) is 5.32 Å². The van der Waals surface area contributed by atoms with Gasteiger partial charge < -0.3 is 10.1 Å². The van der Waals surface area contributed by atoms with Crippen LogP contribution in [0.4, 0.5) is 5.69 Å². The van der Waals surface area contributed by atoms with E-state index < -0.39 is 5.92 Å². The van der Waals surface area contributed by atoms with Gasteiger partial charge in [0.15, 0.2) is 0 Å². The molecule has 1 rings (SSSR count). The molecule has 0 fully saturated rings. The third-order valence-electron chi connectivity index (χ3n) is 2.81. The number of nitrogens with zero attached hydrogens (tertiary/aromatic N) is 1. The standard InChI is InChI=1S/C14H18N2O2/c1-4-10-6-7-13(18-3)12(8-10)16-14(17)11(5-2)9-15/h6-8,11H,4-5H2,1-3H3,(H,16,17). The predicted octanol–water partition coefficient (Wildman–Crippen LogP) is 2.75. The van der Waals surface area contributed by atoms with Crippen molar-refractivity contribution in [3.63, 3.8) is 0 Å². The van der Waals surface area contributed by atoms with E-state index >= 15 is 0 Å². The summed E-state index contributed by atoms with van der Waals surface area (Å²) in [7, 11) is 1.55. The molecule has 1 amide bonds. The van der Waals surface area contributed by atoms with E-state index in [9.17, 15) is 4.79 Å². The number of nitriles is 1. The number of rotatable bonds is 5. The summed E-state index contributed by atoms with van der Waals surface area (Å²) in [5.74, 6) is -0.306. The smallest absolute Gasteiger partial charge is 0.241 e. The Morgan fingerprint density at radius 3 is 2.72 bits per heavy atom. The van der Waals surface area contributed by atoms with E-state index in [4.69, 9.17) is 10.00 Å². The lowest BCUT2D eigenvalue weighted by Gasteiger charge is -2.13. The number of aryl methyl sites for hydroxylation is 1. The molecule has 0 heterocycles. The van der Waals surface area contributed by atoms with Crippen LogP contribution in [0.15, 0.2) is 18.2 Å². The van der Waals surface area contributed by atoms with Crippen LogP contribution in [-0.2, 0) is 11.2 Å². The monoisotopic (exact) mass is 246 g/mol. The molecule has 18 heavy (non-hydrogen) atoms. The van der Waals surface area contributed by atoms with Gasteiger partial charge in [-0.05, 0) is 30.5 Å². The minimum Gasteiger partial charge on any atom is -0.495 e. The number of amides is 1. The number of hydrogen-bond donors (Lipinski definition) is 1. The first-order valence-corrected chi connectivity index (χ1v) is 6.03. The van der Waals surface area contributed by atoms with Crippen LogP contribution in [-0.4, -0.2) is 13.0 Å². The molecule has 1 aromatic carbocycles. The number of nitrogens with one attached hydrogen (secondary N) is 1. The number of ether oxygens (including phenoxy) is 1. The van der Waals surface area contributed by atoms with Gasteiger partial charge in [0, 0.05) is 0 Å². The summed E-state index contributed by atoms with van der Waals surface area (Å²) in [6.07, 6.45) is 1.38. The Morgan fingerprint density at radius 1 is 1.50 bits per heavy atom. The summed E-state index contributed by atoms with van der Waals surface area (Å²) in [5, 5.41) is 11.6. The van der Waals surface area contributed by atoms with Gasteiger partial charge in [-0.2, -0.15) is 5.26 Å². The minimum atomic E-state index is -0.625. The summed E-state index contributed by atoms with van der Waals surface area (Å²) >= 11 is 0. The van der Waals surface area contributed by atoms with Crippen molar-refractivity contribution in [2.24, 2.45) is 5.92 Å². The predicted molar refractivity (Wildman–Crippen MR) is 70.4 cm³/mol. The third kappa shape index (κ3) is 3.24. The first kappa shape index (κ1) is 14.0.